The molecule has 0 aromatic carbocycles. The minimum Gasteiger partial charge on any atom is -0.462 e. The van der Waals surface area contributed by atoms with Gasteiger partial charge in [0, 0.05) is 19.3 Å². The zero-order chi connectivity index (χ0) is 51.4. The van der Waals surface area contributed by atoms with Crippen LogP contribution in [-0.4, -0.2) is 37.2 Å². The number of hydrogen-bond donors (Lipinski definition) is 0. The second-order valence-electron chi connectivity index (χ2n) is 19.2. The number of carbonyl (C=O) groups excluding carboxylic acids is 3. The number of rotatable bonds is 52. The maximum atomic E-state index is 12.8. The van der Waals surface area contributed by atoms with Gasteiger partial charge in [-0.15, -0.1) is 0 Å². The molecule has 0 saturated heterocycles. The summed E-state index contributed by atoms with van der Waals surface area (Å²) >= 11 is 0. The highest BCUT2D eigenvalue weighted by molar-refractivity contribution is 5.71. The summed E-state index contributed by atoms with van der Waals surface area (Å²) in [5.74, 6) is -0.920. The summed E-state index contributed by atoms with van der Waals surface area (Å²) in [5.41, 5.74) is 0. The molecule has 0 aliphatic carbocycles. The summed E-state index contributed by atoms with van der Waals surface area (Å²) in [4.78, 5) is 38.0. The summed E-state index contributed by atoms with van der Waals surface area (Å²) in [5, 5.41) is 0. The van der Waals surface area contributed by atoms with Crippen molar-refractivity contribution in [3.8, 4) is 0 Å². The van der Waals surface area contributed by atoms with Gasteiger partial charge in [0.2, 0.25) is 0 Å². The predicted octanol–water partition coefficient (Wildman–Crippen LogP) is 19.9. The standard InChI is InChI=1S/C65H108O6/c1-4-7-10-13-16-19-22-24-25-26-27-28-29-30-31-32-33-34-35-36-37-38-39-40-41-42-44-46-49-52-55-58-64(67)70-61-62(60-69-63(66)57-54-51-48-45-21-18-15-12-9-6-3)71-65(68)59-56-53-50-47-43-23-20-17-14-11-8-5-2/h7,10,16,19,24-25,27-28,30-31,33-34,36-37,39-40,42,44,62H,4-6,8-9,11-15,17-18,20-23,26,29,32,35,38,41,43,45-61H2,1-3H3/b10-7-,19-16-,25-24-,28-27-,31-30-,34-33-,37-36-,40-39-,44-42-. The molecule has 0 fully saturated rings. The van der Waals surface area contributed by atoms with Crippen molar-refractivity contribution in [1.82, 2.24) is 0 Å². The first-order chi connectivity index (χ1) is 35.0. The van der Waals surface area contributed by atoms with Crippen molar-refractivity contribution < 1.29 is 28.6 Å². The molecule has 0 bridgehead atoms. The van der Waals surface area contributed by atoms with E-state index < -0.39 is 6.10 Å². The maximum absolute atomic E-state index is 12.8. The van der Waals surface area contributed by atoms with Crippen LogP contribution in [0.3, 0.4) is 0 Å². The predicted molar refractivity (Wildman–Crippen MR) is 307 cm³/mol. The molecule has 0 aromatic rings. The Morgan fingerprint density at radius 3 is 0.859 bits per heavy atom. The van der Waals surface area contributed by atoms with Gasteiger partial charge >= 0.3 is 17.9 Å². The molecule has 0 spiro atoms. The number of hydrogen-bond acceptors (Lipinski definition) is 6. The van der Waals surface area contributed by atoms with Crippen LogP contribution in [-0.2, 0) is 28.6 Å². The molecule has 0 aliphatic heterocycles. The summed E-state index contributed by atoms with van der Waals surface area (Å²) in [6.07, 6.45) is 79.5. The summed E-state index contributed by atoms with van der Waals surface area (Å²) < 4.78 is 16.8. The van der Waals surface area contributed by atoms with E-state index in [0.717, 1.165) is 122 Å². The average molecular weight is 986 g/mol. The first-order valence-corrected chi connectivity index (χ1v) is 29.4. The first kappa shape index (κ1) is 67.1. The van der Waals surface area contributed by atoms with E-state index in [1.807, 2.05) is 0 Å². The lowest BCUT2D eigenvalue weighted by atomic mass is 10.0. The van der Waals surface area contributed by atoms with E-state index in [1.54, 1.807) is 0 Å². The molecule has 1 unspecified atom stereocenters. The Bertz CT molecular complexity index is 1460. The Hall–Kier alpha value is -3.93. The molecule has 1 atom stereocenters. The quantitative estimate of drug-likeness (QED) is 0.0261. The van der Waals surface area contributed by atoms with Gasteiger partial charge in [-0.1, -0.05) is 265 Å². The third-order valence-corrected chi connectivity index (χ3v) is 12.3. The minimum absolute atomic E-state index is 0.0860. The van der Waals surface area contributed by atoms with E-state index in [0.29, 0.717) is 19.3 Å². The molecule has 71 heavy (non-hydrogen) atoms. The van der Waals surface area contributed by atoms with Gasteiger partial charge in [-0.05, 0) is 89.9 Å². The van der Waals surface area contributed by atoms with Gasteiger partial charge in [-0.2, -0.15) is 0 Å². The molecule has 404 valence electrons. The van der Waals surface area contributed by atoms with Crippen molar-refractivity contribution in [3.63, 3.8) is 0 Å². The van der Waals surface area contributed by atoms with E-state index >= 15 is 0 Å². The molecule has 6 nitrogen and oxygen atoms in total. The van der Waals surface area contributed by atoms with Crippen molar-refractivity contribution in [2.24, 2.45) is 0 Å². The highest BCUT2D eigenvalue weighted by atomic mass is 16.6. The minimum atomic E-state index is -0.788. The van der Waals surface area contributed by atoms with Crippen LogP contribution in [0.5, 0.6) is 0 Å². The van der Waals surface area contributed by atoms with E-state index in [2.05, 4.69) is 130 Å². The summed E-state index contributed by atoms with van der Waals surface area (Å²) in [7, 11) is 0. The smallest absolute Gasteiger partial charge is 0.306 e. The highest BCUT2D eigenvalue weighted by Crippen LogP contribution is 2.15. The number of unbranched alkanes of at least 4 members (excludes halogenated alkanes) is 23. The fourth-order valence-corrected chi connectivity index (χ4v) is 7.91. The first-order valence-electron chi connectivity index (χ1n) is 29.4. The van der Waals surface area contributed by atoms with Gasteiger partial charge in [0.1, 0.15) is 13.2 Å². The maximum Gasteiger partial charge on any atom is 0.306 e. The zero-order valence-corrected chi connectivity index (χ0v) is 46.2. The number of carbonyl (C=O) groups is 3. The lowest BCUT2D eigenvalue weighted by molar-refractivity contribution is -0.167. The molecule has 6 heteroatoms. The van der Waals surface area contributed by atoms with Crippen LogP contribution < -0.4 is 0 Å². The zero-order valence-electron chi connectivity index (χ0n) is 46.2. The van der Waals surface area contributed by atoms with Gasteiger partial charge in [-0.3, -0.25) is 14.4 Å². The van der Waals surface area contributed by atoms with E-state index in [1.165, 1.54) is 103 Å². The molecule has 0 rings (SSSR count). The topological polar surface area (TPSA) is 78.9 Å². The number of ether oxygens (including phenoxy) is 3. The number of esters is 3. The van der Waals surface area contributed by atoms with Crippen molar-refractivity contribution in [2.75, 3.05) is 13.2 Å². The van der Waals surface area contributed by atoms with Crippen LogP contribution >= 0.6 is 0 Å². The van der Waals surface area contributed by atoms with Gasteiger partial charge in [0.25, 0.3) is 0 Å². The van der Waals surface area contributed by atoms with Crippen LogP contribution in [0.2, 0.25) is 0 Å². The molecule has 0 heterocycles. The van der Waals surface area contributed by atoms with Gasteiger partial charge < -0.3 is 14.2 Å². The summed E-state index contributed by atoms with van der Waals surface area (Å²) in [6, 6.07) is 0. The lowest BCUT2D eigenvalue weighted by Gasteiger charge is -2.18. The van der Waals surface area contributed by atoms with Gasteiger partial charge in [0.15, 0.2) is 6.10 Å². The lowest BCUT2D eigenvalue weighted by Crippen LogP contribution is -2.30. The van der Waals surface area contributed by atoms with E-state index in [4.69, 9.17) is 14.2 Å². The second-order valence-corrected chi connectivity index (χ2v) is 19.2. The van der Waals surface area contributed by atoms with Crippen molar-refractivity contribution >= 4 is 17.9 Å². The monoisotopic (exact) mass is 985 g/mol. The molecule has 0 aliphatic rings. The Labute approximate surface area is 438 Å². The molecular formula is C65H108O6. The second kappa shape index (κ2) is 58.6. The van der Waals surface area contributed by atoms with Crippen LogP contribution in [0, 0.1) is 0 Å². The average Bonchev–Trinajstić information content (AvgIpc) is 3.37. The normalized spacial score (nSPS) is 12.9. The highest BCUT2D eigenvalue weighted by Gasteiger charge is 2.19. The van der Waals surface area contributed by atoms with E-state index in [-0.39, 0.29) is 31.1 Å². The van der Waals surface area contributed by atoms with Crippen molar-refractivity contribution in [2.45, 2.75) is 271 Å². The van der Waals surface area contributed by atoms with Crippen molar-refractivity contribution in [1.29, 1.82) is 0 Å². The largest absolute Gasteiger partial charge is 0.462 e. The molecule has 0 aromatic heterocycles. The van der Waals surface area contributed by atoms with Gasteiger partial charge in [0.05, 0.1) is 0 Å². The third-order valence-electron chi connectivity index (χ3n) is 12.3. The Morgan fingerprint density at radius 2 is 0.549 bits per heavy atom. The SMILES string of the molecule is CC/C=C\C/C=C\C/C=C\C/C=C\C/C=C\C/C=C\C/C=C\C/C=C\C/C=C\CCCCCC(=O)OCC(COC(=O)CCCCCCCCCCCC)OC(=O)CCCCCCCCCCCCCC. The Kier molecular flexibility index (Phi) is 55.4. The van der Waals surface area contributed by atoms with Crippen molar-refractivity contribution in [3.05, 3.63) is 109 Å². The fraction of sp³-hybridized carbons (Fsp3) is 0.677. The van der Waals surface area contributed by atoms with Crippen LogP contribution in [0.15, 0.2) is 109 Å². The third kappa shape index (κ3) is 56.9. The molecule has 0 radical (unpaired) electrons. The molecule has 0 N–H and O–H groups in total. The molecule has 0 amide bonds. The van der Waals surface area contributed by atoms with E-state index in [9.17, 15) is 14.4 Å². The van der Waals surface area contributed by atoms with Crippen LogP contribution in [0.1, 0.15) is 265 Å². The Morgan fingerprint density at radius 1 is 0.296 bits per heavy atom. The summed E-state index contributed by atoms with van der Waals surface area (Å²) in [6.45, 7) is 6.48. The van der Waals surface area contributed by atoms with Crippen LogP contribution in [0.4, 0.5) is 0 Å². The molecular weight excluding hydrogens is 877 g/mol. The Balaban J connectivity index is 4.28. The fourth-order valence-electron chi connectivity index (χ4n) is 7.91. The number of allylic oxidation sites excluding steroid dienone is 18. The molecule has 0 saturated carbocycles. The van der Waals surface area contributed by atoms with Crippen LogP contribution in [0.25, 0.3) is 0 Å². The van der Waals surface area contributed by atoms with Gasteiger partial charge in [-0.25, -0.2) is 0 Å².